The van der Waals surface area contributed by atoms with Crippen LogP contribution >= 0.6 is 0 Å². The van der Waals surface area contributed by atoms with Crippen molar-refractivity contribution in [2.75, 3.05) is 33.4 Å². The molecule has 1 aliphatic heterocycles. The van der Waals surface area contributed by atoms with Crippen LogP contribution in [0.2, 0.25) is 0 Å². The first kappa shape index (κ1) is 17.9. The number of methoxy groups -OCH3 is 1. The molecule has 0 spiro atoms. The highest BCUT2D eigenvalue weighted by molar-refractivity contribution is 6.01. The van der Waals surface area contributed by atoms with Crippen LogP contribution in [0.5, 0.6) is 5.75 Å². The first-order valence-electron chi connectivity index (χ1n) is 7.55. The fourth-order valence-electron chi connectivity index (χ4n) is 2.28. The Hall–Kier alpha value is -2.48. The van der Waals surface area contributed by atoms with Crippen molar-refractivity contribution in [2.45, 2.75) is 12.8 Å². The highest BCUT2D eigenvalue weighted by Gasteiger charge is 2.28. The van der Waals surface area contributed by atoms with Gasteiger partial charge < -0.3 is 14.8 Å². The summed E-state index contributed by atoms with van der Waals surface area (Å²) in [7, 11) is 1.35. The molecule has 1 heterocycles. The van der Waals surface area contributed by atoms with E-state index in [0.717, 1.165) is 6.07 Å². The number of benzene rings is 1. The van der Waals surface area contributed by atoms with Crippen molar-refractivity contribution < 1.29 is 28.2 Å². The van der Waals surface area contributed by atoms with Gasteiger partial charge in [0.25, 0.3) is 5.91 Å². The molecule has 3 amide bonds. The normalized spacial score (nSPS) is 14.2. The smallest absolute Gasteiger partial charge is 0.251 e. The third-order valence-electron chi connectivity index (χ3n) is 3.56. The Bertz CT molecular complexity index is 619. The maximum atomic E-state index is 13.5. The van der Waals surface area contributed by atoms with Crippen molar-refractivity contribution in [2.24, 2.45) is 0 Å². The largest absolute Gasteiger partial charge is 0.494 e. The second-order valence-corrected chi connectivity index (χ2v) is 5.16. The zero-order valence-corrected chi connectivity index (χ0v) is 13.3. The lowest BCUT2D eigenvalue weighted by molar-refractivity contribution is -0.139. The van der Waals surface area contributed by atoms with E-state index >= 15 is 0 Å². The summed E-state index contributed by atoms with van der Waals surface area (Å²) in [6.45, 7) is 0.884. The second-order valence-electron chi connectivity index (χ2n) is 5.16. The quantitative estimate of drug-likeness (QED) is 0.558. The molecular weight excluding hydrogens is 319 g/mol. The fraction of sp³-hybridized carbons (Fsp3) is 0.438. The van der Waals surface area contributed by atoms with Crippen molar-refractivity contribution in [3.8, 4) is 5.75 Å². The van der Waals surface area contributed by atoms with Crippen LogP contribution in [0, 0.1) is 5.82 Å². The zero-order chi connectivity index (χ0) is 17.5. The van der Waals surface area contributed by atoms with E-state index in [1.807, 2.05) is 0 Å². The lowest BCUT2D eigenvalue weighted by Crippen LogP contribution is -2.33. The topological polar surface area (TPSA) is 84.9 Å². The Balaban J connectivity index is 1.65. The number of rotatable bonds is 8. The second kappa shape index (κ2) is 8.39. The molecule has 0 bridgehead atoms. The molecule has 1 aliphatic rings. The molecule has 24 heavy (non-hydrogen) atoms. The number of ether oxygens (including phenoxy) is 2. The number of carbonyl (C=O) groups excluding carboxylic acids is 3. The molecule has 0 aromatic heterocycles. The minimum Gasteiger partial charge on any atom is -0.494 e. The molecule has 1 N–H and O–H groups in total. The molecular formula is C16H19FN2O5. The molecule has 1 aromatic rings. The molecule has 8 heteroatoms. The molecule has 0 aliphatic carbocycles. The van der Waals surface area contributed by atoms with Gasteiger partial charge in [-0.25, -0.2) is 4.39 Å². The predicted molar refractivity (Wildman–Crippen MR) is 82.1 cm³/mol. The van der Waals surface area contributed by atoms with Gasteiger partial charge in [-0.2, -0.15) is 0 Å². The summed E-state index contributed by atoms with van der Waals surface area (Å²) in [4.78, 5) is 35.8. The number of imide groups is 1. The maximum absolute atomic E-state index is 13.5. The van der Waals surface area contributed by atoms with Crippen molar-refractivity contribution in [3.05, 3.63) is 29.6 Å². The molecule has 2 rings (SSSR count). The number of amides is 3. The first-order valence-corrected chi connectivity index (χ1v) is 7.55. The van der Waals surface area contributed by atoms with Gasteiger partial charge in [-0.1, -0.05) is 0 Å². The molecule has 0 saturated carbocycles. The fourth-order valence-corrected chi connectivity index (χ4v) is 2.28. The van der Waals surface area contributed by atoms with E-state index in [2.05, 4.69) is 5.32 Å². The number of likely N-dealkylation sites (tertiary alicyclic amines) is 1. The van der Waals surface area contributed by atoms with Gasteiger partial charge in [-0.15, -0.1) is 0 Å². The summed E-state index contributed by atoms with van der Waals surface area (Å²) in [6.07, 6.45) is 0.515. The molecule has 1 fully saturated rings. The van der Waals surface area contributed by atoms with Crippen LogP contribution in [0.4, 0.5) is 4.39 Å². The average molecular weight is 338 g/mol. The summed E-state index contributed by atoms with van der Waals surface area (Å²) in [5.41, 5.74) is 0.182. The van der Waals surface area contributed by atoms with Gasteiger partial charge in [0, 0.05) is 24.9 Å². The van der Waals surface area contributed by atoms with Crippen molar-refractivity contribution >= 4 is 17.7 Å². The molecule has 1 saturated heterocycles. The number of nitrogens with zero attached hydrogens (tertiary/aromatic N) is 1. The summed E-state index contributed by atoms with van der Waals surface area (Å²) in [5, 5.41) is 2.59. The van der Waals surface area contributed by atoms with Crippen LogP contribution in [0.3, 0.4) is 0 Å². The van der Waals surface area contributed by atoms with Crippen LogP contribution < -0.4 is 10.1 Å². The number of hydrogen-bond donors (Lipinski definition) is 1. The summed E-state index contributed by atoms with van der Waals surface area (Å²) in [5.74, 6) is -1.33. The summed E-state index contributed by atoms with van der Waals surface area (Å²) >= 11 is 0. The van der Waals surface area contributed by atoms with Crippen molar-refractivity contribution in [3.63, 3.8) is 0 Å². The molecule has 1 aromatic carbocycles. The number of halogens is 1. The van der Waals surface area contributed by atoms with Gasteiger partial charge in [-0.05, 0) is 18.2 Å². The van der Waals surface area contributed by atoms with Crippen molar-refractivity contribution in [1.29, 1.82) is 0 Å². The van der Waals surface area contributed by atoms with Gasteiger partial charge >= 0.3 is 0 Å². The van der Waals surface area contributed by atoms with E-state index in [-0.39, 0.29) is 62.3 Å². The van der Waals surface area contributed by atoms with Crippen LogP contribution in [-0.2, 0) is 14.3 Å². The van der Waals surface area contributed by atoms with E-state index in [9.17, 15) is 18.8 Å². The van der Waals surface area contributed by atoms with Gasteiger partial charge in [0.1, 0.15) is 0 Å². The van der Waals surface area contributed by atoms with E-state index < -0.39 is 11.7 Å². The highest BCUT2D eigenvalue weighted by atomic mass is 19.1. The third-order valence-corrected chi connectivity index (χ3v) is 3.56. The lowest BCUT2D eigenvalue weighted by Gasteiger charge is -2.13. The van der Waals surface area contributed by atoms with Gasteiger partial charge in [0.05, 0.1) is 26.9 Å². The molecule has 7 nitrogen and oxygen atoms in total. The predicted octanol–water partition coefficient (Wildman–Crippen LogP) is 0.730. The third kappa shape index (κ3) is 4.51. The zero-order valence-electron chi connectivity index (χ0n) is 13.3. The Morgan fingerprint density at radius 1 is 1.25 bits per heavy atom. The number of carbonyl (C=O) groups is 3. The van der Waals surface area contributed by atoms with Gasteiger partial charge in [-0.3, -0.25) is 19.3 Å². The summed E-state index contributed by atoms with van der Waals surface area (Å²) < 4.78 is 23.6. The maximum Gasteiger partial charge on any atom is 0.251 e. The van der Waals surface area contributed by atoms with E-state index in [4.69, 9.17) is 9.47 Å². The lowest BCUT2D eigenvalue weighted by atomic mass is 10.2. The SMILES string of the molecule is COc1ccc(C(=O)NCCOCCN2C(=O)CCC2=O)cc1F. The Morgan fingerprint density at radius 2 is 1.96 bits per heavy atom. The Labute approximate surface area is 138 Å². The van der Waals surface area contributed by atoms with Crippen molar-refractivity contribution in [1.82, 2.24) is 10.2 Å². The average Bonchev–Trinajstić information content (AvgIpc) is 2.89. The minimum absolute atomic E-state index is 0.0703. The first-order chi connectivity index (χ1) is 11.5. The van der Waals surface area contributed by atoms with Gasteiger partial charge in [0.15, 0.2) is 11.6 Å². The standard InChI is InChI=1S/C16H19FN2O5/c1-23-13-3-2-11(10-12(13)17)16(22)18-6-8-24-9-7-19-14(20)4-5-15(19)21/h2-3,10H,4-9H2,1H3,(H,18,22). The monoisotopic (exact) mass is 338 g/mol. The van der Waals surface area contributed by atoms with E-state index in [0.29, 0.717) is 0 Å². The van der Waals surface area contributed by atoms with Gasteiger partial charge in [0.2, 0.25) is 11.8 Å². The van der Waals surface area contributed by atoms with E-state index in [1.165, 1.54) is 24.1 Å². The van der Waals surface area contributed by atoms with Crippen LogP contribution in [0.15, 0.2) is 18.2 Å². The number of hydrogen-bond acceptors (Lipinski definition) is 5. The molecule has 130 valence electrons. The Kier molecular flexibility index (Phi) is 6.25. The molecule has 0 atom stereocenters. The minimum atomic E-state index is -0.610. The molecule has 0 radical (unpaired) electrons. The van der Waals surface area contributed by atoms with E-state index in [1.54, 1.807) is 0 Å². The summed E-state index contributed by atoms with van der Waals surface area (Å²) in [6, 6.07) is 3.94. The van der Waals surface area contributed by atoms with Crippen LogP contribution in [0.1, 0.15) is 23.2 Å². The number of nitrogens with one attached hydrogen (secondary N) is 1. The van der Waals surface area contributed by atoms with Crippen LogP contribution in [0.25, 0.3) is 0 Å². The highest BCUT2D eigenvalue weighted by Crippen LogP contribution is 2.17. The Morgan fingerprint density at radius 3 is 2.58 bits per heavy atom. The molecule has 0 unspecified atom stereocenters. The van der Waals surface area contributed by atoms with Crippen LogP contribution in [-0.4, -0.2) is 56.0 Å².